The molecule has 0 atom stereocenters. The molecule has 0 bridgehead atoms. The van der Waals surface area contributed by atoms with Crippen LogP contribution in [-0.4, -0.2) is 32.0 Å². The highest BCUT2D eigenvalue weighted by atomic mass is 16.6. The molecular formula is C16H14N4O4. The molecule has 0 saturated carbocycles. The van der Waals surface area contributed by atoms with Crippen LogP contribution in [-0.2, 0) is 4.74 Å². The lowest BCUT2D eigenvalue weighted by Crippen LogP contribution is -2.08. The first-order chi connectivity index (χ1) is 11.5. The van der Waals surface area contributed by atoms with E-state index in [-0.39, 0.29) is 17.9 Å². The van der Waals surface area contributed by atoms with E-state index in [1.54, 1.807) is 42.9 Å². The third-order valence-electron chi connectivity index (χ3n) is 3.63. The van der Waals surface area contributed by atoms with Crippen LogP contribution in [0.1, 0.15) is 23.0 Å². The van der Waals surface area contributed by atoms with Crippen LogP contribution in [0.5, 0.6) is 0 Å². The van der Waals surface area contributed by atoms with Gasteiger partial charge in [-0.3, -0.25) is 14.7 Å². The number of nitro groups is 1. The number of non-ortho nitro benzene ring substituents is 1. The Morgan fingerprint density at radius 2 is 2.04 bits per heavy atom. The van der Waals surface area contributed by atoms with Gasteiger partial charge in [-0.1, -0.05) is 0 Å². The van der Waals surface area contributed by atoms with Crippen LogP contribution >= 0.6 is 0 Å². The standard InChI is InChI=1S/C16H14N4O4/c1-3-24-15(21)14-10(2)19(16-17-7-4-8-18-16)13-6-5-11(20(22)23)9-12(13)14/h4-9H,3H2,1-2H3. The van der Waals surface area contributed by atoms with Crippen molar-refractivity contribution in [1.29, 1.82) is 0 Å². The summed E-state index contributed by atoms with van der Waals surface area (Å²) >= 11 is 0. The maximum atomic E-state index is 12.4. The van der Waals surface area contributed by atoms with Crippen molar-refractivity contribution >= 4 is 22.6 Å². The highest BCUT2D eigenvalue weighted by Gasteiger charge is 2.24. The van der Waals surface area contributed by atoms with Crippen molar-refractivity contribution in [3.63, 3.8) is 0 Å². The summed E-state index contributed by atoms with van der Waals surface area (Å²) in [6, 6.07) is 6.02. The van der Waals surface area contributed by atoms with Crippen LogP contribution in [0.25, 0.3) is 16.9 Å². The quantitative estimate of drug-likeness (QED) is 0.415. The molecule has 0 saturated heterocycles. The molecule has 2 aromatic heterocycles. The SMILES string of the molecule is CCOC(=O)c1c(C)n(-c2ncccn2)c2ccc([N+](=O)[O-])cc12. The predicted molar refractivity (Wildman–Crippen MR) is 86.2 cm³/mol. The number of aromatic nitrogens is 3. The third-order valence-corrected chi connectivity index (χ3v) is 3.63. The summed E-state index contributed by atoms with van der Waals surface area (Å²) in [5.41, 5.74) is 1.35. The number of rotatable bonds is 4. The number of carbonyl (C=O) groups excluding carboxylic acids is 1. The number of ether oxygens (including phenoxy) is 1. The van der Waals surface area contributed by atoms with Gasteiger partial charge in [0.1, 0.15) is 0 Å². The minimum Gasteiger partial charge on any atom is -0.462 e. The van der Waals surface area contributed by atoms with Crippen molar-refractivity contribution in [3.8, 4) is 5.95 Å². The number of benzene rings is 1. The first-order valence-electron chi connectivity index (χ1n) is 7.28. The smallest absolute Gasteiger partial charge is 0.340 e. The fourth-order valence-corrected chi connectivity index (χ4v) is 2.65. The van der Waals surface area contributed by atoms with Gasteiger partial charge < -0.3 is 4.74 Å². The van der Waals surface area contributed by atoms with E-state index in [1.807, 2.05) is 0 Å². The monoisotopic (exact) mass is 326 g/mol. The fraction of sp³-hybridized carbons (Fsp3) is 0.188. The zero-order valence-electron chi connectivity index (χ0n) is 13.1. The Kier molecular flexibility index (Phi) is 3.95. The average molecular weight is 326 g/mol. The molecule has 8 heteroatoms. The Balaban J connectivity index is 2.35. The van der Waals surface area contributed by atoms with E-state index in [4.69, 9.17) is 4.74 Å². The van der Waals surface area contributed by atoms with E-state index < -0.39 is 10.9 Å². The summed E-state index contributed by atoms with van der Waals surface area (Å²) < 4.78 is 6.79. The predicted octanol–water partition coefficient (Wildman–Crippen LogP) is 2.81. The van der Waals surface area contributed by atoms with Crippen LogP contribution in [0.2, 0.25) is 0 Å². The van der Waals surface area contributed by atoms with Crippen LogP contribution in [0.3, 0.4) is 0 Å². The van der Waals surface area contributed by atoms with E-state index in [9.17, 15) is 14.9 Å². The summed E-state index contributed by atoms with van der Waals surface area (Å²) in [7, 11) is 0. The number of fused-ring (bicyclic) bond motifs is 1. The maximum absolute atomic E-state index is 12.4. The zero-order chi connectivity index (χ0) is 17.3. The first kappa shape index (κ1) is 15.6. The lowest BCUT2D eigenvalue weighted by Gasteiger charge is -2.06. The van der Waals surface area contributed by atoms with Crippen molar-refractivity contribution in [1.82, 2.24) is 14.5 Å². The van der Waals surface area contributed by atoms with E-state index in [1.165, 1.54) is 12.1 Å². The van der Waals surface area contributed by atoms with E-state index in [0.29, 0.717) is 22.5 Å². The van der Waals surface area contributed by atoms with E-state index in [2.05, 4.69) is 9.97 Å². The van der Waals surface area contributed by atoms with Crippen molar-refractivity contribution < 1.29 is 14.5 Å². The summed E-state index contributed by atoms with van der Waals surface area (Å²) in [5.74, 6) is -0.153. The molecule has 0 amide bonds. The first-order valence-corrected chi connectivity index (χ1v) is 7.28. The lowest BCUT2D eigenvalue weighted by molar-refractivity contribution is -0.384. The second-order valence-electron chi connectivity index (χ2n) is 5.02. The van der Waals surface area contributed by atoms with Crippen LogP contribution in [0.15, 0.2) is 36.7 Å². The van der Waals surface area contributed by atoms with Crippen molar-refractivity contribution in [3.05, 3.63) is 58.0 Å². The minimum atomic E-state index is -0.532. The molecule has 24 heavy (non-hydrogen) atoms. The highest BCUT2D eigenvalue weighted by Crippen LogP contribution is 2.31. The van der Waals surface area contributed by atoms with Gasteiger partial charge in [0, 0.05) is 35.6 Å². The molecule has 3 aromatic rings. The number of nitrogens with zero attached hydrogens (tertiary/aromatic N) is 4. The molecule has 0 aliphatic rings. The van der Waals surface area contributed by atoms with Gasteiger partial charge in [0.25, 0.3) is 5.69 Å². The van der Waals surface area contributed by atoms with Crippen LogP contribution in [0, 0.1) is 17.0 Å². The van der Waals surface area contributed by atoms with Gasteiger partial charge in [-0.15, -0.1) is 0 Å². The minimum absolute atomic E-state index is 0.0980. The van der Waals surface area contributed by atoms with Crippen molar-refractivity contribution in [2.75, 3.05) is 6.61 Å². The Hall–Kier alpha value is -3.29. The van der Waals surface area contributed by atoms with Gasteiger partial charge in [-0.05, 0) is 26.0 Å². The Bertz CT molecular complexity index is 934. The average Bonchev–Trinajstić information content (AvgIpc) is 2.86. The van der Waals surface area contributed by atoms with Gasteiger partial charge in [-0.25, -0.2) is 14.8 Å². The summed E-state index contributed by atoms with van der Waals surface area (Å²) in [6.07, 6.45) is 3.17. The van der Waals surface area contributed by atoms with Crippen molar-refractivity contribution in [2.45, 2.75) is 13.8 Å². The number of nitro benzene ring substituents is 1. The number of esters is 1. The molecule has 0 spiro atoms. The molecule has 0 N–H and O–H groups in total. The number of hydrogen-bond donors (Lipinski definition) is 0. The Morgan fingerprint density at radius 3 is 2.67 bits per heavy atom. The van der Waals surface area contributed by atoms with Gasteiger partial charge in [0.05, 0.1) is 22.6 Å². The molecule has 0 fully saturated rings. The zero-order valence-corrected chi connectivity index (χ0v) is 13.1. The van der Waals surface area contributed by atoms with Gasteiger partial charge >= 0.3 is 5.97 Å². The van der Waals surface area contributed by atoms with Crippen LogP contribution in [0.4, 0.5) is 5.69 Å². The highest BCUT2D eigenvalue weighted by molar-refractivity contribution is 6.07. The molecule has 3 rings (SSSR count). The Morgan fingerprint density at radius 1 is 1.33 bits per heavy atom. The third kappa shape index (κ3) is 2.47. The lowest BCUT2D eigenvalue weighted by atomic mass is 10.1. The van der Waals surface area contributed by atoms with Gasteiger partial charge in [-0.2, -0.15) is 0 Å². The summed E-state index contributed by atoms with van der Waals surface area (Å²) in [4.78, 5) is 31.3. The molecular weight excluding hydrogens is 312 g/mol. The molecule has 0 radical (unpaired) electrons. The molecule has 8 nitrogen and oxygen atoms in total. The maximum Gasteiger partial charge on any atom is 0.340 e. The molecule has 0 aliphatic carbocycles. The number of carbonyl (C=O) groups is 1. The molecule has 122 valence electrons. The molecule has 0 aliphatic heterocycles. The van der Waals surface area contributed by atoms with Crippen molar-refractivity contribution in [2.24, 2.45) is 0 Å². The van der Waals surface area contributed by atoms with E-state index >= 15 is 0 Å². The fourth-order valence-electron chi connectivity index (χ4n) is 2.65. The Labute approximate surface area is 136 Å². The second-order valence-corrected chi connectivity index (χ2v) is 5.02. The molecule has 2 heterocycles. The summed E-state index contributed by atoms with van der Waals surface area (Å²) in [5, 5.41) is 11.5. The summed E-state index contributed by atoms with van der Waals surface area (Å²) in [6.45, 7) is 3.64. The molecule has 0 unspecified atom stereocenters. The number of hydrogen-bond acceptors (Lipinski definition) is 6. The normalized spacial score (nSPS) is 10.8. The van der Waals surface area contributed by atoms with Gasteiger partial charge in [0.2, 0.25) is 5.95 Å². The van der Waals surface area contributed by atoms with Gasteiger partial charge in [0.15, 0.2) is 0 Å². The van der Waals surface area contributed by atoms with E-state index in [0.717, 1.165) is 0 Å². The van der Waals surface area contributed by atoms with Crippen LogP contribution < -0.4 is 0 Å². The second kappa shape index (κ2) is 6.07. The topological polar surface area (TPSA) is 100 Å². The molecule has 1 aromatic carbocycles. The largest absolute Gasteiger partial charge is 0.462 e.